The van der Waals surface area contributed by atoms with Crippen molar-refractivity contribution in [2.75, 3.05) is 19.5 Å². The Morgan fingerprint density at radius 2 is 2.26 bits per heavy atom. The van der Waals surface area contributed by atoms with Crippen molar-refractivity contribution < 1.29 is 18.8 Å². The molecule has 0 heterocycles. The van der Waals surface area contributed by atoms with Crippen LogP contribution >= 0.6 is 0 Å². The van der Waals surface area contributed by atoms with Crippen molar-refractivity contribution in [3.8, 4) is 0 Å². The summed E-state index contributed by atoms with van der Waals surface area (Å²) in [6.07, 6.45) is 0. The Hall–Kier alpha value is -2.22. The van der Waals surface area contributed by atoms with Crippen molar-refractivity contribution in [1.29, 1.82) is 0 Å². The monoisotopic (exact) mass is 271 g/mol. The van der Waals surface area contributed by atoms with Gasteiger partial charge in [0, 0.05) is 19.2 Å². The Labute approximate surface area is 108 Å². The van der Waals surface area contributed by atoms with Crippen LogP contribution < -0.4 is 11.1 Å². The van der Waals surface area contributed by atoms with Crippen LogP contribution in [0, 0.1) is 15.9 Å². The van der Waals surface area contributed by atoms with Gasteiger partial charge in [0.05, 0.1) is 11.5 Å². The van der Waals surface area contributed by atoms with Gasteiger partial charge in [-0.1, -0.05) is 0 Å². The summed E-state index contributed by atoms with van der Waals surface area (Å²) in [6.45, 7) is 1.87. The van der Waals surface area contributed by atoms with Crippen molar-refractivity contribution >= 4 is 17.3 Å². The maximum absolute atomic E-state index is 13.6. The lowest BCUT2D eigenvalue weighted by molar-refractivity contribution is -0.384. The number of rotatable bonds is 5. The van der Waals surface area contributed by atoms with E-state index < -0.39 is 33.6 Å². The second-order valence-electron chi connectivity index (χ2n) is 3.94. The summed E-state index contributed by atoms with van der Waals surface area (Å²) in [5.74, 6) is -1.73. The van der Waals surface area contributed by atoms with Gasteiger partial charge < -0.3 is 15.8 Å². The molecule has 1 amide bonds. The molecule has 0 aromatic heterocycles. The van der Waals surface area contributed by atoms with Crippen LogP contribution in [0.1, 0.15) is 17.3 Å². The quantitative estimate of drug-likeness (QED) is 0.473. The van der Waals surface area contributed by atoms with Crippen molar-refractivity contribution in [3.05, 3.63) is 33.6 Å². The summed E-state index contributed by atoms with van der Waals surface area (Å²) in [5.41, 5.74) is 3.93. The van der Waals surface area contributed by atoms with E-state index in [9.17, 15) is 19.3 Å². The summed E-state index contributed by atoms with van der Waals surface area (Å²) < 4.78 is 18.4. The predicted molar refractivity (Wildman–Crippen MR) is 66.3 cm³/mol. The highest BCUT2D eigenvalue weighted by molar-refractivity contribution is 6.01. The first-order valence-corrected chi connectivity index (χ1v) is 5.40. The van der Waals surface area contributed by atoms with Crippen LogP contribution in [0.25, 0.3) is 0 Å². The second kappa shape index (κ2) is 6.10. The number of carbonyl (C=O) groups is 1. The molecule has 0 bridgehead atoms. The van der Waals surface area contributed by atoms with E-state index in [1.54, 1.807) is 6.92 Å². The fraction of sp³-hybridized carbons (Fsp3) is 0.364. The topological polar surface area (TPSA) is 107 Å². The minimum absolute atomic E-state index is 0.224. The molecule has 0 aliphatic heterocycles. The largest absolute Gasteiger partial charge is 0.392 e. The zero-order valence-corrected chi connectivity index (χ0v) is 10.5. The number of methoxy groups -OCH3 is 1. The highest BCUT2D eigenvalue weighted by Gasteiger charge is 2.24. The Morgan fingerprint density at radius 3 is 2.79 bits per heavy atom. The van der Waals surface area contributed by atoms with Crippen molar-refractivity contribution in [2.45, 2.75) is 13.0 Å². The van der Waals surface area contributed by atoms with Crippen LogP contribution in [-0.4, -0.2) is 30.6 Å². The number of hydrogen-bond donors (Lipinski definition) is 2. The number of carbonyl (C=O) groups excluding carboxylic acids is 1. The molecule has 3 N–H and O–H groups in total. The number of halogens is 1. The standard InChI is InChI=1S/C11H14FN3O4/c1-6(5-19-2)14-11(16)9-7(12)3-4-8(10(9)13)15(17)18/h3-4,6H,5,13H2,1-2H3,(H,14,16). The molecule has 0 spiro atoms. The van der Waals surface area contributed by atoms with Crippen LogP contribution in [0.2, 0.25) is 0 Å². The number of nitrogens with zero attached hydrogens (tertiary/aromatic N) is 1. The van der Waals surface area contributed by atoms with Gasteiger partial charge in [0.1, 0.15) is 17.1 Å². The molecule has 104 valence electrons. The predicted octanol–water partition coefficient (Wildman–Crippen LogP) is 1.08. The maximum Gasteiger partial charge on any atom is 0.293 e. The molecular weight excluding hydrogens is 257 g/mol. The van der Waals surface area contributed by atoms with E-state index in [4.69, 9.17) is 10.5 Å². The number of nitro groups is 1. The summed E-state index contributed by atoms with van der Waals surface area (Å²) in [4.78, 5) is 21.7. The minimum Gasteiger partial charge on any atom is -0.392 e. The summed E-state index contributed by atoms with van der Waals surface area (Å²) in [7, 11) is 1.45. The number of amides is 1. The summed E-state index contributed by atoms with van der Waals surface area (Å²) in [6, 6.07) is 1.38. The zero-order valence-electron chi connectivity index (χ0n) is 10.5. The van der Waals surface area contributed by atoms with Gasteiger partial charge in [0.2, 0.25) is 0 Å². The Balaban J connectivity index is 3.09. The van der Waals surface area contributed by atoms with Gasteiger partial charge in [-0.05, 0) is 13.0 Å². The average Bonchev–Trinajstić information content (AvgIpc) is 2.28. The third-order valence-electron chi connectivity index (χ3n) is 2.39. The average molecular weight is 271 g/mol. The molecule has 1 unspecified atom stereocenters. The van der Waals surface area contributed by atoms with Gasteiger partial charge in [-0.25, -0.2) is 4.39 Å². The van der Waals surface area contributed by atoms with E-state index in [-0.39, 0.29) is 12.6 Å². The van der Waals surface area contributed by atoms with Gasteiger partial charge in [-0.2, -0.15) is 0 Å². The van der Waals surface area contributed by atoms with Gasteiger partial charge >= 0.3 is 0 Å². The lowest BCUT2D eigenvalue weighted by Crippen LogP contribution is -2.36. The van der Waals surface area contributed by atoms with E-state index in [0.717, 1.165) is 12.1 Å². The number of nitrogens with two attached hydrogens (primary N) is 1. The minimum atomic E-state index is -0.912. The molecular formula is C11H14FN3O4. The first-order chi connectivity index (χ1) is 8.88. The van der Waals surface area contributed by atoms with Gasteiger partial charge in [0.25, 0.3) is 11.6 Å². The Bertz CT molecular complexity index is 507. The van der Waals surface area contributed by atoms with E-state index in [1.807, 2.05) is 0 Å². The number of anilines is 1. The molecule has 1 aromatic rings. The SMILES string of the molecule is COCC(C)NC(=O)c1c(F)ccc([N+](=O)[O-])c1N. The van der Waals surface area contributed by atoms with E-state index >= 15 is 0 Å². The van der Waals surface area contributed by atoms with Crippen molar-refractivity contribution in [2.24, 2.45) is 0 Å². The molecule has 0 saturated heterocycles. The molecule has 0 radical (unpaired) electrons. The van der Waals surface area contributed by atoms with Crippen LogP contribution in [0.4, 0.5) is 15.8 Å². The molecule has 0 aliphatic rings. The highest BCUT2D eigenvalue weighted by atomic mass is 19.1. The fourth-order valence-corrected chi connectivity index (χ4v) is 1.56. The summed E-state index contributed by atoms with van der Waals surface area (Å²) >= 11 is 0. The molecule has 19 heavy (non-hydrogen) atoms. The number of benzene rings is 1. The molecule has 8 heteroatoms. The van der Waals surface area contributed by atoms with Gasteiger partial charge in [-0.15, -0.1) is 0 Å². The summed E-state index contributed by atoms with van der Waals surface area (Å²) in [5, 5.41) is 13.1. The second-order valence-corrected chi connectivity index (χ2v) is 3.94. The van der Waals surface area contributed by atoms with Gasteiger partial charge in [0.15, 0.2) is 0 Å². The zero-order chi connectivity index (χ0) is 14.6. The maximum atomic E-state index is 13.6. The van der Waals surface area contributed by atoms with E-state index in [0.29, 0.717) is 0 Å². The highest BCUT2D eigenvalue weighted by Crippen LogP contribution is 2.27. The van der Waals surface area contributed by atoms with Crippen LogP contribution in [-0.2, 0) is 4.74 Å². The van der Waals surface area contributed by atoms with Crippen LogP contribution in [0.3, 0.4) is 0 Å². The number of nitrogen functional groups attached to an aromatic ring is 1. The normalized spacial score (nSPS) is 11.9. The number of nitro benzene ring substituents is 1. The van der Waals surface area contributed by atoms with E-state index in [2.05, 4.69) is 5.32 Å². The third kappa shape index (κ3) is 3.38. The van der Waals surface area contributed by atoms with Crippen LogP contribution in [0.5, 0.6) is 0 Å². The van der Waals surface area contributed by atoms with E-state index in [1.165, 1.54) is 7.11 Å². The molecule has 7 nitrogen and oxygen atoms in total. The number of hydrogen-bond acceptors (Lipinski definition) is 5. The fourth-order valence-electron chi connectivity index (χ4n) is 1.56. The lowest BCUT2D eigenvalue weighted by Gasteiger charge is -2.14. The molecule has 0 fully saturated rings. The van der Waals surface area contributed by atoms with Crippen LogP contribution in [0.15, 0.2) is 12.1 Å². The first kappa shape index (κ1) is 14.8. The number of ether oxygens (including phenoxy) is 1. The number of nitrogens with one attached hydrogen (secondary N) is 1. The molecule has 1 aromatic carbocycles. The Kier molecular flexibility index (Phi) is 4.76. The van der Waals surface area contributed by atoms with Crippen molar-refractivity contribution in [3.63, 3.8) is 0 Å². The molecule has 1 rings (SSSR count). The smallest absolute Gasteiger partial charge is 0.293 e. The van der Waals surface area contributed by atoms with Gasteiger partial charge in [-0.3, -0.25) is 14.9 Å². The Morgan fingerprint density at radius 1 is 1.63 bits per heavy atom. The molecule has 1 atom stereocenters. The first-order valence-electron chi connectivity index (χ1n) is 5.40. The van der Waals surface area contributed by atoms with Crippen molar-refractivity contribution in [1.82, 2.24) is 5.32 Å². The molecule has 0 aliphatic carbocycles. The third-order valence-corrected chi connectivity index (χ3v) is 2.39. The molecule has 0 saturated carbocycles. The lowest BCUT2D eigenvalue weighted by atomic mass is 10.1.